The van der Waals surface area contributed by atoms with Crippen molar-refractivity contribution in [3.8, 4) is 5.75 Å². The van der Waals surface area contributed by atoms with Crippen LogP contribution in [0.15, 0.2) is 48.5 Å². The SMILES string of the molecule is COc1cccc([C@@H](CNC(=O)C(=O)Nc2ccc([N+](=O)[O-])cc2)N2CCOCC2)c1. The maximum absolute atomic E-state index is 12.4. The first kappa shape index (κ1) is 22.2. The third kappa shape index (κ3) is 6.00. The van der Waals surface area contributed by atoms with Gasteiger partial charge in [-0.25, -0.2) is 0 Å². The normalized spacial score (nSPS) is 15.0. The van der Waals surface area contributed by atoms with E-state index in [0.717, 1.165) is 5.56 Å². The number of amides is 2. The largest absolute Gasteiger partial charge is 0.497 e. The van der Waals surface area contributed by atoms with Gasteiger partial charge in [0.25, 0.3) is 5.69 Å². The number of nitrogens with one attached hydrogen (secondary N) is 2. The lowest BCUT2D eigenvalue weighted by molar-refractivity contribution is -0.384. The van der Waals surface area contributed by atoms with Crippen molar-refractivity contribution in [1.82, 2.24) is 10.2 Å². The summed E-state index contributed by atoms with van der Waals surface area (Å²) in [6.07, 6.45) is 0. The van der Waals surface area contributed by atoms with Gasteiger partial charge in [0.2, 0.25) is 0 Å². The third-order valence-electron chi connectivity index (χ3n) is 4.96. The van der Waals surface area contributed by atoms with Crippen LogP contribution in [-0.2, 0) is 14.3 Å². The van der Waals surface area contributed by atoms with E-state index in [0.29, 0.717) is 37.7 Å². The monoisotopic (exact) mass is 428 g/mol. The number of benzene rings is 2. The molecular formula is C21H24N4O6. The van der Waals surface area contributed by atoms with E-state index in [-0.39, 0.29) is 18.3 Å². The van der Waals surface area contributed by atoms with E-state index in [2.05, 4.69) is 15.5 Å². The summed E-state index contributed by atoms with van der Waals surface area (Å²) in [5, 5.41) is 15.8. The number of methoxy groups -OCH3 is 1. The Morgan fingerprint density at radius 3 is 2.52 bits per heavy atom. The number of nitrogens with zero attached hydrogens (tertiary/aromatic N) is 2. The quantitative estimate of drug-likeness (QED) is 0.391. The van der Waals surface area contributed by atoms with Crippen molar-refractivity contribution in [2.75, 3.05) is 45.3 Å². The van der Waals surface area contributed by atoms with E-state index < -0.39 is 16.7 Å². The van der Waals surface area contributed by atoms with Crippen molar-refractivity contribution in [3.63, 3.8) is 0 Å². The number of nitro benzene ring substituents is 1. The number of ether oxygens (including phenoxy) is 2. The smallest absolute Gasteiger partial charge is 0.313 e. The second kappa shape index (κ2) is 10.5. The number of hydrogen-bond donors (Lipinski definition) is 2. The number of non-ortho nitro benzene ring substituents is 1. The molecule has 0 bridgehead atoms. The highest BCUT2D eigenvalue weighted by Crippen LogP contribution is 2.25. The third-order valence-corrected chi connectivity index (χ3v) is 4.96. The molecular weight excluding hydrogens is 404 g/mol. The molecule has 31 heavy (non-hydrogen) atoms. The van der Waals surface area contributed by atoms with Crippen molar-refractivity contribution in [1.29, 1.82) is 0 Å². The topological polar surface area (TPSA) is 123 Å². The summed E-state index contributed by atoms with van der Waals surface area (Å²) >= 11 is 0. The first-order valence-corrected chi connectivity index (χ1v) is 9.77. The van der Waals surface area contributed by atoms with Crippen LogP contribution in [0.25, 0.3) is 0 Å². The van der Waals surface area contributed by atoms with Gasteiger partial charge < -0.3 is 20.1 Å². The molecule has 1 aliphatic heterocycles. The molecule has 10 heteroatoms. The number of nitro groups is 1. The highest BCUT2D eigenvalue weighted by atomic mass is 16.6. The van der Waals surface area contributed by atoms with Gasteiger partial charge in [-0.1, -0.05) is 12.1 Å². The summed E-state index contributed by atoms with van der Waals surface area (Å²) in [6.45, 7) is 2.81. The molecule has 2 aromatic carbocycles. The highest BCUT2D eigenvalue weighted by Gasteiger charge is 2.25. The van der Waals surface area contributed by atoms with Crippen molar-refractivity contribution in [2.45, 2.75) is 6.04 Å². The minimum absolute atomic E-state index is 0.103. The molecule has 0 aromatic heterocycles. The lowest BCUT2D eigenvalue weighted by Gasteiger charge is -2.35. The predicted molar refractivity (Wildman–Crippen MR) is 113 cm³/mol. The number of carbonyl (C=O) groups excluding carboxylic acids is 2. The Morgan fingerprint density at radius 2 is 1.87 bits per heavy atom. The zero-order valence-corrected chi connectivity index (χ0v) is 17.1. The van der Waals surface area contributed by atoms with Crippen LogP contribution in [0.5, 0.6) is 5.75 Å². The molecule has 2 aromatic rings. The Kier molecular flexibility index (Phi) is 7.52. The summed E-state index contributed by atoms with van der Waals surface area (Å²) in [5.41, 5.74) is 1.15. The molecule has 1 aliphatic rings. The molecule has 2 N–H and O–H groups in total. The molecule has 0 unspecified atom stereocenters. The second-order valence-corrected chi connectivity index (χ2v) is 6.91. The fourth-order valence-electron chi connectivity index (χ4n) is 3.32. The molecule has 2 amide bonds. The van der Waals surface area contributed by atoms with Gasteiger partial charge in [-0.2, -0.15) is 0 Å². The van der Waals surface area contributed by atoms with Crippen LogP contribution in [0.1, 0.15) is 11.6 Å². The maximum atomic E-state index is 12.4. The van der Waals surface area contributed by atoms with Crippen LogP contribution in [-0.4, -0.2) is 61.6 Å². The zero-order valence-electron chi connectivity index (χ0n) is 17.1. The van der Waals surface area contributed by atoms with Gasteiger partial charge in [0.1, 0.15) is 5.75 Å². The van der Waals surface area contributed by atoms with Gasteiger partial charge >= 0.3 is 11.8 Å². The van der Waals surface area contributed by atoms with Crippen LogP contribution in [0.4, 0.5) is 11.4 Å². The fourth-order valence-corrected chi connectivity index (χ4v) is 3.32. The predicted octanol–water partition coefficient (Wildman–Crippen LogP) is 1.73. The lowest BCUT2D eigenvalue weighted by atomic mass is 10.0. The van der Waals surface area contributed by atoms with E-state index in [1.807, 2.05) is 24.3 Å². The van der Waals surface area contributed by atoms with Crippen molar-refractivity contribution in [2.24, 2.45) is 0 Å². The molecule has 1 fully saturated rings. The molecule has 1 atom stereocenters. The second-order valence-electron chi connectivity index (χ2n) is 6.91. The Balaban J connectivity index is 1.64. The molecule has 0 aliphatic carbocycles. The van der Waals surface area contributed by atoms with Crippen LogP contribution < -0.4 is 15.4 Å². The van der Waals surface area contributed by atoms with Crippen LogP contribution in [0.3, 0.4) is 0 Å². The van der Waals surface area contributed by atoms with Crippen molar-refractivity contribution >= 4 is 23.2 Å². The van der Waals surface area contributed by atoms with Gasteiger partial charge in [0.05, 0.1) is 31.3 Å². The van der Waals surface area contributed by atoms with Gasteiger partial charge in [0.15, 0.2) is 0 Å². The average molecular weight is 428 g/mol. The first-order chi connectivity index (χ1) is 15.0. The van der Waals surface area contributed by atoms with E-state index in [4.69, 9.17) is 9.47 Å². The molecule has 1 saturated heterocycles. The number of carbonyl (C=O) groups is 2. The van der Waals surface area contributed by atoms with Gasteiger partial charge in [-0.15, -0.1) is 0 Å². The van der Waals surface area contributed by atoms with Gasteiger partial charge in [-0.3, -0.25) is 24.6 Å². The minimum Gasteiger partial charge on any atom is -0.497 e. The van der Waals surface area contributed by atoms with E-state index >= 15 is 0 Å². The number of anilines is 1. The van der Waals surface area contributed by atoms with E-state index in [1.165, 1.54) is 24.3 Å². The number of morpholine rings is 1. The Morgan fingerprint density at radius 1 is 1.16 bits per heavy atom. The van der Waals surface area contributed by atoms with Crippen LogP contribution >= 0.6 is 0 Å². The first-order valence-electron chi connectivity index (χ1n) is 9.77. The van der Waals surface area contributed by atoms with Crippen LogP contribution in [0.2, 0.25) is 0 Å². The van der Waals surface area contributed by atoms with Gasteiger partial charge in [0, 0.05) is 37.5 Å². The summed E-state index contributed by atoms with van der Waals surface area (Å²) in [4.78, 5) is 37.0. The molecule has 10 nitrogen and oxygen atoms in total. The Labute approximate surface area is 179 Å². The van der Waals surface area contributed by atoms with Crippen molar-refractivity contribution in [3.05, 3.63) is 64.2 Å². The molecule has 0 spiro atoms. The molecule has 0 radical (unpaired) electrons. The molecule has 3 rings (SSSR count). The Bertz CT molecular complexity index is 928. The fraction of sp³-hybridized carbons (Fsp3) is 0.333. The summed E-state index contributed by atoms with van der Waals surface area (Å²) < 4.78 is 10.7. The standard InChI is InChI=1S/C21H24N4O6/c1-30-18-4-2-3-15(13-18)19(24-9-11-31-12-10-24)14-22-20(26)21(27)23-16-5-7-17(8-6-16)25(28)29/h2-8,13,19H,9-12,14H2,1H3,(H,22,26)(H,23,27)/t19-/m1/s1. The number of hydrogen-bond acceptors (Lipinski definition) is 7. The number of rotatable bonds is 7. The van der Waals surface area contributed by atoms with Gasteiger partial charge in [-0.05, 0) is 29.8 Å². The zero-order chi connectivity index (χ0) is 22.2. The maximum Gasteiger partial charge on any atom is 0.313 e. The summed E-state index contributed by atoms with van der Waals surface area (Å²) in [6, 6.07) is 12.7. The molecule has 1 heterocycles. The molecule has 164 valence electrons. The highest BCUT2D eigenvalue weighted by molar-refractivity contribution is 6.39. The summed E-state index contributed by atoms with van der Waals surface area (Å²) in [5.74, 6) is -0.933. The molecule has 0 saturated carbocycles. The Hall–Kier alpha value is -3.50. The lowest BCUT2D eigenvalue weighted by Crippen LogP contribution is -2.45. The summed E-state index contributed by atoms with van der Waals surface area (Å²) in [7, 11) is 1.59. The van der Waals surface area contributed by atoms with E-state index in [9.17, 15) is 19.7 Å². The van der Waals surface area contributed by atoms with Crippen LogP contribution in [0, 0.1) is 10.1 Å². The minimum atomic E-state index is -0.847. The average Bonchev–Trinajstić information content (AvgIpc) is 2.80. The van der Waals surface area contributed by atoms with Crippen molar-refractivity contribution < 1.29 is 24.0 Å². The van der Waals surface area contributed by atoms with E-state index in [1.54, 1.807) is 7.11 Å².